The third-order valence-corrected chi connectivity index (χ3v) is 4.01. The largest absolute Gasteiger partial charge is 0.417 e. The number of hydrogen-bond acceptors (Lipinski definition) is 4. The molecule has 0 aliphatic rings. The fourth-order valence-corrected chi connectivity index (χ4v) is 2.80. The molecule has 0 N–H and O–H groups in total. The lowest BCUT2D eigenvalue weighted by Gasteiger charge is -2.26. The Morgan fingerprint density at radius 1 is 1.20 bits per heavy atom. The van der Waals surface area contributed by atoms with E-state index in [1.165, 1.54) is 17.4 Å². The highest BCUT2D eigenvalue weighted by atomic mass is 32.1. The molecule has 0 fully saturated rings. The maximum absolute atomic E-state index is 13.0. The molecule has 0 amide bonds. The average Bonchev–Trinajstić information content (AvgIpc) is 2.89. The van der Waals surface area contributed by atoms with Crippen molar-refractivity contribution in [2.75, 3.05) is 11.4 Å². The van der Waals surface area contributed by atoms with Crippen LogP contribution in [0.25, 0.3) is 0 Å². The Bertz CT molecular complexity index is 788. The van der Waals surface area contributed by atoms with Gasteiger partial charge < -0.3 is 4.90 Å². The van der Waals surface area contributed by atoms with Crippen LogP contribution < -0.4 is 4.90 Å². The van der Waals surface area contributed by atoms with E-state index in [9.17, 15) is 26.3 Å². The number of halogens is 6. The van der Waals surface area contributed by atoms with Crippen LogP contribution in [0.4, 0.5) is 32.0 Å². The third kappa shape index (κ3) is 5.09. The third-order valence-electron chi connectivity index (χ3n) is 3.18. The Hall–Kier alpha value is -2.28. The van der Waals surface area contributed by atoms with Gasteiger partial charge in [0, 0.05) is 11.1 Å². The smallest absolute Gasteiger partial charge is 0.357 e. The molecule has 1 aromatic heterocycles. The highest BCUT2D eigenvalue weighted by Gasteiger charge is 2.36. The van der Waals surface area contributed by atoms with E-state index in [0.717, 1.165) is 17.0 Å². The standard InChI is InChI=1S/C15H11F6N3S/c1-9-23-11(7-25-9)6-24(8-14(16,17)18)12-3-2-10(5-22)13(4-12)15(19,20)21/h2-4,7H,6,8H2,1H3. The SMILES string of the molecule is Cc1nc(CN(CC(F)(F)F)c2ccc(C#N)c(C(F)(F)F)c2)cs1. The molecule has 3 nitrogen and oxygen atoms in total. The Labute approximate surface area is 143 Å². The van der Waals surface area contributed by atoms with Gasteiger partial charge in [-0.05, 0) is 25.1 Å². The molecule has 0 aliphatic carbocycles. The van der Waals surface area contributed by atoms with Gasteiger partial charge in [0.2, 0.25) is 0 Å². The quantitative estimate of drug-likeness (QED) is 0.709. The van der Waals surface area contributed by atoms with Crippen molar-refractivity contribution in [3.63, 3.8) is 0 Å². The van der Waals surface area contributed by atoms with Crippen molar-refractivity contribution in [2.45, 2.75) is 25.8 Å². The van der Waals surface area contributed by atoms with Crippen molar-refractivity contribution in [1.29, 1.82) is 5.26 Å². The zero-order valence-electron chi connectivity index (χ0n) is 12.7. The number of nitriles is 1. The van der Waals surface area contributed by atoms with E-state index in [1.54, 1.807) is 12.3 Å². The first-order valence-corrected chi connectivity index (χ1v) is 7.71. The Morgan fingerprint density at radius 2 is 1.88 bits per heavy atom. The molecule has 2 rings (SSSR count). The van der Waals surface area contributed by atoms with E-state index in [1.807, 2.05) is 0 Å². The zero-order valence-corrected chi connectivity index (χ0v) is 13.6. The summed E-state index contributed by atoms with van der Waals surface area (Å²) in [5.74, 6) is 0. The van der Waals surface area contributed by atoms with Crippen LogP contribution in [0.3, 0.4) is 0 Å². The Morgan fingerprint density at radius 3 is 2.36 bits per heavy atom. The van der Waals surface area contributed by atoms with Gasteiger partial charge in [0.15, 0.2) is 0 Å². The second kappa shape index (κ2) is 6.92. The van der Waals surface area contributed by atoms with E-state index < -0.39 is 30.0 Å². The van der Waals surface area contributed by atoms with Gasteiger partial charge >= 0.3 is 12.4 Å². The summed E-state index contributed by atoms with van der Waals surface area (Å²) in [4.78, 5) is 4.80. The number of aryl methyl sites for hydroxylation is 1. The van der Waals surface area contributed by atoms with Gasteiger partial charge in [0.1, 0.15) is 6.54 Å². The number of benzene rings is 1. The maximum atomic E-state index is 13.0. The predicted octanol–water partition coefficient (Wildman–Crippen LogP) is 4.91. The normalized spacial score (nSPS) is 12.1. The summed E-state index contributed by atoms with van der Waals surface area (Å²) in [7, 11) is 0. The molecule has 0 atom stereocenters. The lowest BCUT2D eigenvalue weighted by Crippen LogP contribution is -2.34. The van der Waals surface area contributed by atoms with Crippen LogP contribution in [0.15, 0.2) is 23.6 Å². The van der Waals surface area contributed by atoms with E-state index in [2.05, 4.69) is 4.98 Å². The van der Waals surface area contributed by atoms with Crippen LogP contribution in [0, 0.1) is 18.3 Å². The zero-order chi connectivity index (χ0) is 18.8. The Balaban J connectivity index is 2.44. The molecule has 10 heteroatoms. The minimum Gasteiger partial charge on any atom is -0.357 e. The second-order valence-electron chi connectivity index (χ2n) is 5.17. The van der Waals surface area contributed by atoms with Gasteiger partial charge in [-0.3, -0.25) is 0 Å². The topological polar surface area (TPSA) is 39.9 Å². The van der Waals surface area contributed by atoms with Gasteiger partial charge in [-0.2, -0.15) is 31.6 Å². The van der Waals surface area contributed by atoms with Crippen LogP contribution >= 0.6 is 11.3 Å². The van der Waals surface area contributed by atoms with E-state index in [0.29, 0.717) is 16.8 Å². The fourth-order valence-electron chi connectivity index (χ4n) is 2.19. The van der Waals surface area contributed by atoms with Crippen molar-refractivity contribution >= 4 is 17.0 Å². The highest BCUT2D eigenvalue weighted by Crippen LogP contribution is 2.35. The van der Waals surface area contributed by atoms with Crippen LogP contribution in [0.5, 0.6) is 0 Å². The van der Waals surface area contributed by atoms with Crippen molar-refractivity contribution in [3.8, 4) is 6.07 Å². The average molecular weight is 379 g/mol. The second-order valence-corrected chi connectivity index (χ2v) is 6.23. The van der Waals surface area contributed by atoms with Crippen LogP contribution in [-0.4, -0.2) is 17.7 Å². The number of anilines is 1. The number of aromatic nitrogens is 1. The molecule has 0 unspecified atom stereocenters. The first kappa shape index (κ1) is 19.1. The van der Waals surface area contributed by atoms with Crippen molar-refractivity contribution in [2.24, 2.45) is 0 Å². The number of hydrogen-bond donors (Lipinski definition) is 0. The number of nitrogens with zero attached hydrogens (tertiary/aromatic N) is 3. The summed E-state index contributed by atoms with van der Waals surface area (Å²) in [6.07, 6.45) is -9.46. The molecule has 25 heavy (non-hydrogen) atoms. The predicted molar refractivity (Wildman–Crippen MR) is 80.1 cm³/mol. The van der Waals surface area contributed by atoms with E-state index >= 15 is 0 Å². The Kier molecular flexibility index (Phi) is 5.27. The molecule has 0 radical (unpaired) electrons. The molecule has 0 aliphatic heterocycles. The summed E-state index contributed by atoms with van der Waals surface area (Å²) in [5.41, 5.74) is -1.87. The molecule has 2 aromatic rings. The first-order chi connectivity index (χ1) is 11.5. The van der Waals surface area contributed by atoms with Gasteiger partial charge in [-0.15, -0.1) is 11.3 Å². The molecular weight excluding hydrogens is 368 g/mol. The fraction of sp³-hybridized carbons (Fsp3) is 0.333. The summed E-state index contributed by atoms with van der Waals surface area (Å²) >= 11 is 1.23. The maximum Gasteiger partial charge on any atom is 0.417 e. The minimum atomic E-state index is -4.85. The summed E-state index contributed by atoms with van der Waals surface area (Å²) < 4.78 is 77.7. The van der Waals surface area contributed by atoms with Gasteiger partial charge in [0.05, 0.1) is 34.4 Å². The summed E-state index contributed by atoms with van der Waals surface area (Å²) in [6.45, 7) is -0.0639. The van der Waals surface area contributed by atoms with E-state index in [-0.39, 0.29) is 12.2 Å². The molecular formula is C15H11F6N3S. The lowest BCUT2D eigenvalue weighted by molar-refractivity contribution is -0.137. The molecule has 134 valence electrons. The van der Waals surface area contributed by atoms with Crippen molar-refractivity contribution in [3.05, 3.63) is 45.4 Å². The number of thiazole rings is 1. The van der Waals surface area contributed by atoms with Gasteiger partial charge in [-0.25, -0.2) is 4.98 Å². The minimum absolute atomic E-state index is 0.283. The number of alkyl halides is 6. The summed E-state index contributed by atoms with van der Waals surface area (Å²) in [6, 6.07) is 3.89. The molecule has 0 bridgehead atoms. The van der Waals surface area contributed by atoms with E-state index in [4.69, 9.17) is 5.26 Å². The van der Waals surface area contributed by atoms with Crippen molar-refractivity contribution in [1.82, 2.24) is 4.98 Å². The number of rotatable bonds is 4. The van der Waals surface area contributed by atoms with Crippen LogP contribution in [0.2, 0.25) is 0 Å². The summed E-state index contributed by atoms with van der Waals surface area (Å²) in [5, 5.41) is 11.0. The molecule has 1 heterocycles. The monoisotopic (exact) mass is 379 g/mol. The highest BCUT2D eigenvalue weighted by molar-refractivity contribution is 7.09. The van der Waals surface area contributed by atoms with Gasteiger partial charge in [-0.1, -0.05) is 0 Å². The lowest BCUT2D eigenvalue weighted by atomic mass is 10.1. The molecule has 1 aromatic carbocycles. The van der Waals surface area contributed by atoms with Crippen LogP contribution in [-0.2, 0) is 12.7 Å². The molecule has 0 saturated carbocycles. The van der Waals surface area contributed by atoms with Crippen molar-refractivity contribution < 1.29 is 26.3 Å². The van der Waals surface area contributed by atoms with Crippen LogP contribution in [0.1, 0.15) is 21.8 Å². The van der Waals surface area contributed by atoms with Gasteiger partial charge in [0.25, 0.3) is 0 Å². The molecule has 0 saturated heterocycles. The first-order valence-electron chi connectivity index (χ1n) is 6.83. The molecule has 0 spiro atoms.